The highest BCUT2D eigenvalue weighted by atomic mass is 19.4. The number of esters is 1. The quantitative estimate of drug-likeness (QED) is 0.202. The van der Waals surface area contributed by atoms with E-state index in [1.807, 2.05) is 20.8 Å². The van der Waals surface area contributed by atoms with Crippen molar-refractivity contribution in [3.8, 4) is 0 Å². The summed E-state index contributed by atoms with van der Waals surface area (Å²) in [5.74, 6) is -2.03. The van der Waals surface area contributed by atoms with Crippen molar-refractivity contribution in [3.63, 3.8) is 0 Å². The molecule has 0 saturated heterocycles. The van der Waals surface area contributed by atoms with E-state index in [0.29, 0.717) is 13.8 Å². The lowest BCUT2D eigenvalue weighted by Crippen LogP contribution is -2.73. The van der Waals surface area contributed by atoms with Gasteiger partial charge in [-0.2, -0.15) is 26.3 Å². The summed E-state index contributed by atoms with van der Waals surface area (Å²) < 4.78 is 100. The number of methoxy groups -OCH3 is 1. The highest BCUT2D eigenvalue weighted by molar-refractivity contribution is 5.78. The van der Waals surface area contributed by atoms with Crippen molar-refractivity contribution in [1.82, 2.24) is 0 Å². The van der Waals surface area contributed by atoms with E-state index in [4.69, 9.17) is 14.2 Å². The van der Waals surface area contributed by atoms with Crippen LogP contribution in [-0.4, -0.2) is 42.9 Å². The maximum Gasteiger partial charge on any atom is 0.430 e. The summed E-state index contributed by atoms with van der Waals surface area (Å²) in [6.45, 7) is 15.8. The predicted molar refractivity (Wildman–Crippen MR) is 113 cm³/mol. The van der Waals surface area contributed by atoms with Crippen LogP contribution in [0.4, 0.5) is 26.3 Å². The minimum absolute atomic E-state index is 0.164. The maximum atomic E-state index is 14.3. The topological polar surface area (TPSA) is 44.8 Å². The molecule has 0 bridgehead atoms. The summed E-state index contributed by atoms with van der Waals surface area (Å²) >= 11 is 0. The standard InChI is InChI=1S/C23H40F6O4/c1-14(2)15(31-12)32-21(22(24,25)26,23(27,28)29)19(9,10)33-16(30)20(11,18(6,7)8)13-17(3,4)5/h14-15H,13H2,1-12H3. The first kappa shape index (κ1) is 32.0. The zero-order valence-corrected chi connectivity index (χ0v) is 21.8. The summed E-state index contributed by atoms with van der Waals surface area (Å²) in [7, 11) is 0.946. The molecule has 0 aliphatic carbocycles. The molecule has 0 heterocycles. The number of hydrogen-bond donors (Lipinski definition) is 0. The molecule has 0 rings (SSSR count). The lowest BCUT2D eigenvalue weighted by atomic mass is 9.61. The summed E-state index contributed by atoms with van der Waals surface area (Å²) in [5, 5.41) is 0. The zero-order valence-electron chi connectivity index (χ0n) is 21.8. The minimum Gasteiger partial charge on any atom is -0.455 e. The van der Waals surface area contributed by atoms with Crippen LogP contribution in [0.2, 0.25) is 0 Å². The SMILES string of the molecule is COC(OC(C(F)(F)F)(C(F)(F)F)C(C)(C)OC(=O)C(C)(CC(C)(C)C)C(C)(C)C)C(C)C. The number of alkyl halides is 6. The molecule has 0 aromatic heterocycles. The van der Waals surface area contributed by atoms with Gasteiger partial charge in [0.05, 0.1) is 5.41 Å². The first-order chi connectivity index (χ1) is 14.2. The molecular formula is C23H40F6O4. The van der Waals surface area contributed by atoms with Crippen molar-refractivity contribution in [2.45, 2.75) is 112 Å². The molecule has 0 amide bonds. The van der Waals surface area contributed by atoms with Crippen LogP contribution in [0.1, 0.15) is 82.6 Å². The fraction of sp³-hybridized carbons (Fsp3) is 0.957. The van der Waals surface area contributed by atoms with E-state index in [0.717, 1.165) is 7.11 Å². The predicted octanol–water partition coefficient (Wildman–Crippen LogP) is 7.31. The van der Waals surface area contributed by atoms with Crippen molar-refractivity contribution in [2.75, 3.05) is 7.11 Å². The van der Waals surface area contributed by atoms with Gasteiger partial charge in [0.15, 0.2) is 11.9 Å². The van der Waals surface area contributed by atoms with Crippen LogP contribution in [0.25, 0.3) is 0 Å². The van der Waals surface area contributed by atoms with Gasteiger partial charge in [-0.05, 0) is 38.0 Å². The van der Waals surface area contributed by atoms with Gasteiger partial charge in [0.25, 0.3) is 0 Å². The summed E-state index contributed by atoms with van der Waals surface area (Å²) in [5.41, 5.74) is -10.7. The number of carbonyl (C=O) groups is 1. The second-order valence-corrected chi connectivity index (χ2v) is 11.9. The third-order valence-corrected chi connectivity index (χ3v) is 6.05. The highest BCUT2D eigenvalue weighted by Gasteiger charge is 2.81. The summed E-state index contributed by atoms with van der Waals surface area (Å²) in [4.78, 5) is 13.4. The molecule has 2 atom stereocenters. The molecule has 198 valence electrons. The Morgan fingerprint density at radius 3 is 1.42 bits per heavy atom. The molecule has 0 aliphatic heterocycles. The maximum absolute atomic E-state index is 14.3. The normalized spacial score (nSPS) is 17.7. The molecule has 0 fully saturated rings. The lowest BCUT2D eigenvalue weighted by molar-refractivity contribution is -0.445. The van der Waals surface area contributed by atoms with E-state index >= 15 is 0 Å². The minimum atomic E-state index is -5.98. The first-order valence-electron chi connectivity index (χ1n) is 10.8. The third kappa shape index (κ3) is 6.55. The molecule has 10 heteroatoms. The Morgan fingerprint density at radius 1 is 0.788 bits per heavy atom. The van der Waals surface area contributed by atoms with Gasteiger partial charge >= 0.3 is 23.9 Å². The monoisotopic (exact) mass is 494 g/mol. The van der Waals surface area contributed by atoms with Crippen molar-refractivity contribution in [3.05, 3.63) is 0 Å². The molecule has 0 saturated carbocycles. The Labute approximate surface area is 193 Å². The van der Waals surface area contributed by atoms with Gasteiger partial charge in [0.1, 0.15) is 0 Å². The molecule has 2 unspecified atom stereocenters. The molecule has 33 heavy (non-hydrogen) atoms. The van der Waals surface area contributed by atoms with Crippen molar-refractivity contribution in [2.24, 2.45) is 22.2 Å². The van der Waals surface area contributed by atoms with E-state index < -0.39 is 58.0 Å². The fourth-order valence-corrected chi connectivity index (χ4v) is 3.87. The number of ether oxygens (including phenoxy) is 3. The fourth-order valence-electron chi connectivity index (χ4n) is 3.87. The Balaban J connectivity index is 6.86. The van der Waals surface area contributed by atoms with Gasteiger partial charge in [0.2, 0.25) is 0 Å². The van der Waals surface area contributed by atoms with Crippen LogP contribution in [0, 0.1) is 22.2 Å². The number of rotatable bonds is 8. The molecule has 0 aromatic carbocycles. The number of halogens is 6. The van der Waals surface area contributed by atoms with Gasteiger partial charge in [-0.1, -0.05) is 55.4 Å². The van der Waals surface area contributed by atoms with Crippen LogP contribution in [0.5, 0.6) is 0 Å². The average Bonchev–Trinajstić information content (AvgIpc) is 2.48. The lowest BCUT2D eigenvalue weighted by Gasteiger charge is -2.50. The summed E-state index contributed by atoms with van der Waals surface area (Å²) in [6.07, 6.45) is -13.7. The van der Waals surface area contributed by atoms with E-state index in [2.05, 4.69) is 0 Å². The Kier molecular flexibility index (Phi) is 9.25. The smallest absolute Gasteiger partial charge is 0.430 e. The van der Waals surface area contributed by atoms with Crippen LogP contribution >= 0.6 is 0 Å². The molecule has 0 radical (unpaired) electrons. The number of carbonyl (C=O) groups excluding carboxylic acids is 1. The second-order valence-electron chi connectivity index (χ2n) is 11.9. The second kappa shape index (κ2) is 9.55. The van der Waals surface area contributed by atoms with Crippen LogP contribution in [0.15, 0.2) is 0 Å². The zero-order chi connectivity index (χ0) is 27.1. The van der Waals surface area contributed by atoms with Crippen LogP contribution in [-0.2, 0) is 19.0 Å². The molecule has 0 aliphatic rings. The molecule has 0 aromatic rings. The van der Waals surface area contributed by atoms with E-state index in [1.165, 1.54) is 20.8 Å². The molecule has 4 nitrogen and oxygen atoms in total. The highest BCUT2D eigenvalue weighted by Crippen LogP contribution is 2.56. The van der Waals surface area contributed by atoms with Gasteiger partial charge in [-0.25, -0.2) is 0 Å². The largest absolute Gasteiger partial charge is 0.455 e. The number of hydrogen-bond acceptors (Lipinski definition) is 4. The van der Waals surface area contributed by atoms with E-state index in [1.54, 1.807) is 20.8 Å². The van der Waals surface area contributed by atoms with E-state index in [9.17, 15) is 31.1 Å². The van der Waals surface area contributed by atoms with Crippen LogP contribution in [0.3, 0.4) is 0 Å². The summed E-state index contributed by atoms with van der Waals surface area (Å²) in [6, 6.07) is 0. The molecule has 0 spiro atoms. The first-order valence-corrected chi connectivity index (χ1v) is 10.8. The van der Waals surface area contributed by atoms with Crippen molar-refractivity contribution in [1.29, 1.82) is 0 Å². The molecular weight excluding hydrogens is 454 g/mol. The molecule has 0 N–H and O–H groups in total. The van der Waals surface area contributed by atoms with Gasteiger partial charge < -0.3 is 14.2 Å². The van der Waals surface area contributed by atoms with Crippen molar-refractivity contribution >= 4 is 5.97 Å². The average molecular weight is 495 g/mol. The van der Waals surface area contributed by atoms with Crippen molar-refractivity contribution < 1.29 is 45.3 Å². The Bertz CT molecular complexity index is 654. The van der Waals surface area contributed by atoms with E-state index in [-0.39, 0.29) is 6.42 Å². The Hall–Kier alpha value is -1.03. The van der Waals surface area contributed by atoms with Gasteiger partial charge in [0, 0.05) is 13.0 Å². The third-order valence-electron chi connectivity index (χ3n) is 6.05. The van der Waals surface area contributed by atoms with Gasteiger partial charge in [-0.15, -0.1) is 0 Å². The van der Waals surface area contributed by atoms with Gasteiger partial charge in [-0.3, -0.25) is 4.79 Å². The Morgan fingerprint density at radius 2 is 1.18 bits per heavy atom. The van der Waals surface area contributed by atoms with Crippen LogP contribution < -0.4 is 0 Å².